The second kappa shape index (κ2) is 7.24. The van der Waals surface area contributed by atoms with Crippen LogP contribution in [-0.2, 0) is 9.47 Å². The van der Waals surface area contributed by atoms with Gasteiger partial charge < -0.3 is 14.8 Å². The van der Waals surface area contributed by atoms with Crippen LogP contribution in [0.4, 0.5) is 5.00 Å². The van der Waals surface area contributed by atoms with Crippen LogP contribution in [0, 0.1) is 0 Å². The zero-order valence-corrected chi connectivity index (χ0v) is 11.2. The number of hydrogen-bond donors (Lipinski definition) is 1. The van der Waals surface area contributed by atoms with Crippen molar-refractivity contribution in [3.05, 3.63) is 11.2 Å². The zero-order chi connectivity index (χ0) is 12.7. The number of nitrogens with one attached hydrogen (secondary N) is 1. The van der Waals surface area contributed by atoms with Gasteiger partial charge in [-0.1, -0.05) is 0 Å². The van der Waals surface area contributed by atoms with Crippen molar-refractivity contribution in [1.29, 1.82) is 0 Å². The molecule has 1 rings (SSSR count). The lowest BCUT2D eigenvalue weighted by Crippen LogP contribution is -2.15. The molecule has 0 unspecified atom stereocenters. The highest BCUT2D eigenvalue weighted by atomic mass is 32.1. The Hall–Kier alpha value is -1.14. The molecule has 1 N–H and O–H groups in total. The first-order chi connectivity index (χ1) is 8.15. The number of ether oxygens (including phenoxy) is 2. The van der Waals surface area contributed by atoms with Crippen molar-refractivity contribution in [1.82, 2.24) is 4.98 Å². The molecule has 0 aliphatic rings. The molecule has 96 valence electrons. The van der Waals surface area contributed by atoms with Gasteiger partial charge in [0, 0.05) is 6.54 Å². The van der Waals surface area contributed by atoms with Crippen LogP contribution < -0.4 is 5.32 Å². The van der Waals surface area contributed by atoms with E-state index in [1.165, 1.54) is 11.3 Å². The van der Waals surface area contributed by atoms with E-state index in [1.54, 1.807) is 12.4 Å². The van der Waals surface area contributed by atoms with Gasteiger partial charge in [0.1, 0.15) is 5.00 Å². The first kappa shape index (κ1) is 13.9. The van der Waals surface area contributed by atoms with E-state index in [1.807, 2.05) is 13.8 Å². The van der Waals surface area contributed by atoms with Gasteiger partial charge in [0.2, 0.25) is 0 Å². The molecule has 0 saturated heterocycles. The molecule has 0 aliphatic carbocycles. The molecular formula is C11H18N2O3S. The summed E-state index contributed by atoms with van der Waals surface area (Å²) in [6.07, 6.45) is 0.211. The Bertz CT molecular complexity index is 352. The first-order valence-corrected chi connectivity index (χ1v) is 6.49. The summed E-state index contributed by atoms with van der Waals surface area (Å²) >= 11 is 1.38. The number of carbonyl (C=O) groups is 1. The van der Waals surface area contributed by atoms with E-state index in [-0.39, 0.29) is 12.1 Å². The second-order valence-electron chi connectivity index (χ2n) is 3.60. The summed E-state index contributed by atoms with van der Waals surface area (Å²) in [4.78, 5) is 15.5. The fourth-order valence-corrected chi connectivity index (χ4v) is 1.87. The lowest BCUT2D eigenvalue weighted by molar-refractivity contribution is 0.0521. The van der Waals surface area contributed by atoms with Gasteiger partial charge in [-0.05, 0) is 20.8 Å². The summed E-state index contributed by atoms with van der Waals surface area (Å²) in [5.41, 5.74) is 1.97. The van der Waals surface area contributed by atoms with Gasteiger partial charge in [-0.3, -0.25) is 0 Å². The minimum absolute atomic E-state index is 0.211. The van der Waals surface area contributed by atoms with Crippen molar-refractivity contribution < 1.29 is 14.3 Å². The Kier molecular flexibility index (Phi) is 5.93. The maximum atomic E-state index is 11.5. The molecule has 17 heavy (non-hydrogen) atoms. The maximum absolute atomic E-state index is 11.5. The third kappa shape index (κ3) is 4.70. The molecule has 1 heterocycles. The highest BCUT2D eigenvalue weighted by molar-refractivity contribution is 7.14. The number of thiazole rings is 1. The molecule has 5 nitrogen and oxygen atoms in total. The minimum atomic E-state index is -0.388. The summed E-state index contributed by atoms with van der Waals surface area (Å²) in [6.45, 7) is 7.33. The molecule has 0 radical (unpaired) electrons. The largest absolute Gasteiger partial charge is 0.461 e. The van der Waals surface area contributed by atoms with Crippen LogP contribution in [0.25, 0.3) is 0 Å². The van der Waals surface area contributed by atoms with Crippen molar-refractivity contribution in [3.63, 3.8) is 0 Å². The van der Waals surface area contributed by atoms with E-state index in [0.29, 0.717) is 25.5 Å². The van der Waals surface area contributed by atoms with Crippen LogP contribution in [0.2, 0.25) is 0 Å². The standard InChI is InChI=1S/C11H18N2O3S/c1-4-15-11(14)9-10(17-7-13-9)12-5-6-16-8(2)3/h7-8,12H,4-6H2,1-3H3. The minimum Gasteiger partial charge on any atom is -0.461 e. The van der Waals surface area contributed by atoms with Crippen LogP contribution in [0.5, 0.6) is 0 Å². The number of aromatic nitrogens is 1. The lowest BCUT2D eigenvalue weighted by atomic mass is 10.4. The number of hydrogen-bond acceptors (Lipinski definition) is 6. The molecule has 0 aliphatic heterocycles. The monoisotopic (exact) mass is 258 g/mol. The lowest BCUT2D eigenvalue weighted by Gasteiger charge is -2.08. The zero-order valence-electron chi connectivity index (χ0n) is 10.4. The Morgan fingerprint density at radius 1 is 1.59 bits per heavy atom. The molecule has 0 atom stereocenters. The van der Waals surface area contributed by atoms with Gasteiger partial charge >= 0.3 is 5.97 Å². The first-order valence-electron chi connectivity index (χ1n) is 5.61. The van der Waals surface area contributed by atoms with Gasteiger partial charge in [-0.15, -0.1) is 11.3 Å². The van der Waals surface area contributed by atoms with E-state index in [0.717, 1.165) is 5.00 Å². The number of rotatable bonds is 7. The predicted molar refractivity (Wildman–Crippen MR) is 67.6 cm³/mol. The molecule has 0 fully saturated rings. The van der Waals surface area contributed by atoms with Crippen LogP contribution in [0.1, 0.15) is 31.3 Å². The van der Waals surface area contributed by atoms with E-state index in [4.69, 9.17) is 9.47 Å². The molecule has 0 aromatic carbocycles. The average Bonchev–Trinajstić information content (AvgIpc) is 2.72. The van der Waals surface area contributed by atoms with Crippen molar-refractivity contribution in [2.24, 2.45) is 0 Å². The Morgan fingerprint density at radius 3 is 3.00 bits per heavy atom. The van der Waals surface area contributed by atoms with Crippen LogP contribution in [-0.4, -0.2) is 36.8 Å². The molecule has 1 aromatic heterocycles. The molecule has 6 heteroatoms. The van der Waals surface area contributed by atoms with Gasteiger partial charge in [0.25, 0.3) is 0 Å². The summed E-state index contributed by atoms with van der Waals surface area (Å²) in [5, 5.41) is 3.85. The highest BCUT2D eigenvalue weighted by Crippen LogP contribution is 2.20. The average molecular weight is 258 g/mol. The second-order valence-corrected chi connectivity index (χ2v) is 4.45. The van der Waals surface area contributed by atoms with E-state index < -0.39 is 0 Å². The summed E-state index contributed by atoms with van der Waals surface area (Å²) in [6, 6.07) is 0. The molecular weight excluding hydrogens is 240 g/mol. The molecule has 1 aromatic rings. The smallest absolute Gasteiger partial charge is 0.360 e. The molecule has 0 saturated carbocycles. The van der Waals surface area contributed by atoms with E-state index in [2.05, 4.69) is 10.3 Å². The SMILES string of the molecule is CCOC(=O)c1ncsc1NCCOC(C)C. The summed E-state index contributed by atoms with van der Waals surface area (Å²) < 4.78 is 10.3. The van der Waals surface area contributed by atoms with E-state index in [9.17, 15) is 4.79 Å². The normalized spacial score (nSPS) is 10.6. The third-order valence-electron chi connectivity index (χ3n) is 1.88. The third-order valence-corrected chi connectivity index (χ3v) is 2.66. The van der Waals surface area contributed by atoms with Crippen molar-refractivity contribution >= 4 is 22.3 Å². The molecule has 0 spiro atoms. The van der Waals surface area contributed by atoms with Gasteiger partial charge in [0.15, 0.2) is 5.69 Å². The van der Waals surface area contributed by atoms with Crippen molar-refractivity contribution in [2.45, 2.75) is 26.9 Å². The topological polar surface area (TPSA) is 60.5 Å². The summed E-state index contributed by atoms with van der Waals surface area (Å²) in [7, 11) is 0. The Labute approximate surface area is 105 Å². The summed E-state index contributed by atoms with van der Waals surface area (Å²) in [5.74, 6) is -0.388. The quantitative estimate of drug-likeness (QED) is 0.600. The maximum Gasteiger partial charge on any atom is 0.360 e. The molecule has 0 bridgehead atoms. The fraction of sp³-hybridized carbons (Fsp3) is 0.636. The predicted octanol–water partition coefficient (Wildman–Crippen LogP) is 2.16. The van der Waals surface area contributed by atoms with Crippen LogP contribution in [0.3, 0.4) is 0 Å². The number of esters is 1. The van der Waals surface area contributed by atoms with E-state index >= 15 is 0 Å². The van der Waals surface area contributed by atoms with Crippen molar-refractivity contribution in [2.75, 3.05) is 25.1 Å². The van der Waals surface area contributed by atoms with Gasteiger partial charge in [0.05, 0.1) is 24.8 Å². The van der Waals surface area contributed by atoms with Crippen molar-refractivity contribution in [3.8, 4) is 0 Å². The van der Waals surface area contributed by atoms with Crippen LogP contribution >= 0.6 is 11.3 Å². The number of anilines is 1. The number of carbonyl (C=O) groups excluding carboxylic acids is 1. The Balaban J connectivity index is 2.43. The van der Waals surface area contributed by atoms with Gasteiger partial charge in [-0.2, -0.15) is 0 Å². The highest BCUT2D eigenvalue weighted by Gasteiger charge is 2.15. The van der Waals surface area contributed by atoms with Gasteiger partial charge in [-0.25, -0.2) is 9.78 Å². The Morgan fingerprint density at radius 2 is 2.35 bits per heavy atom. The number of nitrogens with zero attached hydrogens (tertiary/aromatic N) is 1. The fourth-order valence-electron chi connectivity index (χ4n) is 1.18. The molecule has 0 amide bonds. The van der Waals surface area contributed by atoms with Crippen LogP contribution in [0.15, 0.2) is 5.51 Å².